The lowest BCUT2D eigenvalue weighted by Gasteiger charge is -2.09. The maximum absolute atomic E-state index is 9.89. The van der Waals surface area contributed by atoms with E-state index in [9.17, 15) is 8.42 Å². The molecule has 0 aromatic heterocycles. The van der Waals surface area contributed by atoms with Gasteiger partial charge in [-0.1, -0.05) is 0 Å². The summed E-state index contributed by atoms with van der Waals surface area (Å²) in [7, 11) is -0.987. The minimum Gasteiger partial charge on any atom is -0.273 e. The second-order valence-corrected chi connectivity index (χ2v) is 2.74. The zero-order valence-corrected chi connectivity index (χ0v) is 5.94. The van der Waals surface area contributed by atoms with Crippen LogP contribution in [0.4, 0.5) is 0 Å². The van der Waals surface area contributed by atoms with Gasteiger partial charge in [0.1, 0.15) is 0 Å². The molecule has 0 saturated heterocycles. The van der Waals surface area contributed by atoms with E-state index in [-0.39, 0.29) is 0 Å². The maximum atomic E-state index is 9.89. The van der Waals surface area contributed by atoms with Crippen LogP contribution < -0.4 is 10.4 Å². The molecule has 3 N–H and O–H groups in total. The highest BCUT2D eigenvalue weighted by Gasteiger charge is 1.99. The van der Waals surface area contributed by atoms with Crippen molar-refractivity contribution in [2.75, 3.05) is 14.1 Å². The molecule has 0 aliphatic heterocycles. The Balaban J connectivity index is 3.53. The average Bonchev–Trinajstić information content (AvgIpc) is 1.59. The fraction of sp³-hybridized carbons (Fsp3) is 1.00. The Labute approximate surface area is 53.7 Å². The molecule has 7 heteroatoms. The fourth-order valence-corrected chi connectivity index (χ4v) is 0.447. The highest BCUT2D eigenvalue weighted by molar-refractivity contribution is 7.83. The summed E-state index contributed by atoms with van der Waals surface area (Å²) >= 11 is 0. The first-order chi connectivity index (χ1) is 3.92. The van der Waals surface area contributed by atoms with E-state index in [4.69, 9.17) is 4.55 Å². The molecule has 0 unspecified atom stereocenters. The lowest BCUT2D eigenvalue weighted by atomic mass is 11.2. The van der Waals surface area contributed by atoms with Crippen LogP contribution in [0.5, 0.6) is 0 Å². The van der Waals surface area contributed by atoms with Crippen LogP contribution in [0.2, 0.25) is 0 Å². The molecule has 0 spiro atoms. The Bertz CT molecular complexity index is 162. The van der Waals surface area contributed by atoms with Crippen molar-refractivity contribution in [2.24, 2.45) is 0 Å². The van der Waals surface area contributed by atoms with E-state index in [0.29, 0.717) is 0 Å². The predicted octanol–water partition coefficient (Wildman–Crippen LogP) is -1.64. The Kier molecular flexibility index (Phi) is 3.01. The van der Waals surface area contributed by atoms with Gasteiger partial charge in [-0.25, -0.2) is 5.01 Å². The van der Waals surface area contributed by atoms with Crippen LogP contribution >= 0.6 is 0 Å². The predicted molar refractivity (Wildman–Crippen MR) is 31.5 cm³/mol. The molecule has 0 radical (unpaired) electrons. The van der Waals surface area contributed by atoms with Crippen LogP contribution in [-0.4, -0.2) is 32.1 Å². The van der Waals surface area contributed by atoms with E-state index in [0.717, 1.165) is 0 Å². The zero-order chi connectivity index (χ0) is 7.49. The molecule has 56 valence electrons. The van der Waals surface area contributed by atoms with Crippen LogP contribution in [0.15, 0.2) is 0 Å². The number of nitrogens with zero attached hydrogens (tertiary/aromatic N) is 1. The number of hydrogen-bond acceptors (Lipinski definition) is 4. The monoisotopic (exact) mass is 155 g/mol. The first kappa shape index (κ1) is 8.79. The zero-order valence-electron chi connectivity index (χ0n) is 5.12. The molecule has 0 atom stereocenters. The maximum Gasteiger partial charge on any atom is 0.347 e. The van der Waals surface area contributed by atoms with Gasteiger partial charge >= 0.3 is 10.3 Å². The molecular weight excluding hydrogens is 146 g/mol. The molecule has 0 amide bonds. The summed E-state index contributed by atoms with van der Waals surface area (Å²) in [5, 5.41) is 1.33. The van der Waals surface area contributed by atoms with E-state index >= 15 is 0 Å². The lowest BCUT2D eigenvalue weighted by molar-refractivity contribution is 0.263. The van der Waals surface area contributed by atoms with Crippen LogP contribution in [0.1, 0.15) is 0 Å². The quantitative estimate of drug-likeness (QED) is 0.336. The van der Waals surface area contributed by atoms with E-state index in [2.05, 4.69) is 5.53 Å². The summed E-state index contributed by atoms with van der Waals surface area (Å²) in [5.74, 6) is 0. The molecule has 0 rings (SSSR count). The summed E-state index contributed by atoms with van der Waals surface area (Å²) < 4.78 is 27.8. The number of hydrazine groups is 2. The number of nitrogens with one attached hydrogen (secondary N) is 2. The topological polar surface area (TPSA) is 81.7 Å². The standard InChI is InChI=1S/C2H9N3O3S/c1-5(2)3-4-9(6,7)8/h3-4H,1-2H3,(H,6,7,8). The van der Waals surface area contributed by atoms with Gasteiger partial charge in [-0.15, -0.1) is 4.83 Å². The second-order valence-electron chi connectivity index (χ2n) is 1.58. The van der Waals surface area contributed by atoms with Gasteiger partial charge in [0.25, 0.3) is 0 Å². The highest BCUT2D eigenvalue weighted by Crippen LogP contribution is 1.66. The van der Waals surface area contributed by atoms with Crippen molar-refractivity contribution < 1.29 is 13.0 Å². The first-order valence-corrected chi connectivity index (χ1v) is 3.53. The van der Waals surface area contributed by atoms with E-state index < -0.39 is 10.3 Å². The third-order valence-corrected chi connectivity index (χ3v) is 0.747. The Morgan fingerprint density at radius 1 is 1.44 bits per heavy atom. The van der Waals surface area contributed by atoms with E-state index in [1.807, 2.05) is 0 Å². The van der Waals surface area contributed by atoms with Gasteiger partial charge in [0, 0.05) is 14.1 Å². The average molecular weight is 155 g/mol. The van der Waals surface area contributed by atoms with Gasteiger partial charge in [0.05, 0.1) is 0 Å². The van der Waals surface area contributed by atoms with Crippen LogP contribution in [0.3, 0.4) is 0 Å². The molecule has 0 fully saturated rings. The van der Waals surface area contributed by atoms with Crippen molar-refractivity contribution in [1.29, 1.82) is 0 Å². The molecular formula is C2H9N3O3S. The SMILES string of the molecule is CN(C)NNS(=O)(=O)O. The van der Waals surface area contributed by atoms with E-state index in [1.165, 1.54) is 5.01 Å². The van der Waals surface area contributed by atoms with Crippen LogP contribution in [0.25, 0.3) is 0 Å². The fourth-order valence-electron chi connectivity index (χ4n) is 0.149. The van der Waals surface area contributed by atoms with Crippen LogP contribution in [0, 0.1) is 0 Å². The molecule has 6 nitrogen and oxygen atoms in total. The van der Waals surface area contributed by atoms with Gasteiger partial charge in [0.2, 0.25) is 0 Å². The molecule has 0 aliphatic rings. The summed E-state index contributed by atoms with van der Waals surface area (Å²) in [6.45, 7) is 0. The van der Waals surface area contributed by atoms with Gasteiger partial charge < -0.3 is 0 Å². The normalized spacial score (nSPS) is 12.4. The highest BCUT2D eigenvalue weighted by atomic mass is 32.2. The van der Waals surface area contributed by atoms with Crippen molar-refractivity contribution in [3.8, 4) is 0 Å². The summed E-state index contributed by atoms with van der Waals surface area (Å²) in [4.78, 5) is 1.62. The third-order valence-electron chi connectivity index (χ3n) is 0.398. The van der Waals surface area contributed by atoms with Crippen LogP contribution in [-0.2, 0) is 10.3 Å². The summed E-state index contributed by atoms with van der Waals surface area (Å²) in [5.41, 5.74) is 2.13. The second kappa shape index (κ2) is 3.08. The molecule has 0 bridgehead atoms. The Hall–Kier alpha value is -0.210. The molecule has 9 heavy (non-hydrogen) atoms. The largest absolute Gasteiger partial charge is 0.347 e. The first-order valence-electron chi connectivity index (χ1n) is 2.09. The number of hydrogen-bond donors (Lipinski definition) is 3. The summed E-state index contributed by atoms with van der Waals surface area (Å²) in [6.07, 6.45) is 0. The molecule has 0 saturated carbocycles. The molecule has 0 heterocycles. The molecule has 0 aromatic carbocycles. The Morgan fingerprint density at radius 2 is 1.89 bits per heavy atom. The number of rotatable bonds is 3. The van der Waals surface area contributed by atoms with Crippen molar-refractivity contribution >= 4 is 10.3 Å². The van der Waals surface area contributed by atoms with Gasteiger partial charge in [-0.3, -0.25) is 4.55 Å². The minimum atomic E-state index is -4.12. The van der Waals surface area contributed by atoms with Gasteiger partial charge in [0.15, 0.2) is 0 Å². The van der Waals surface area contributed by atoms with Gasteiger partial charge in [-0.05, 0) is 0 Å². The van der Waals surface area contributed by atoms with Crippen molar-refractivity contribution in [2.45, 2.75) is 0 Å². The molecule has 0 aromatic rings. The Morgan fingerprint density at radius 3 is 2.00 bits per heavy atom. The minimum absolute atomic E-state index is 1.33. The van der Waals surface area contributed by atoms with E-state index in [1.54, 1.807) is 18.9 Å². The van der Waals surface area contributed by atoms with Crippen molar-refractivity contribution in [1.82, 2.24) is 15.4 Å². The van der Waals surface area contributed by atoms with Gasteiger partial charge in [-0.2, -0.15) is 14.0 Å². The third kappa shape index (κ3) is 7.79. The summed E-state index contributed by atoms with van der Waals surface area (Å²) in [6, 6.07) is 0. The van der Waals surface area contributed by atoms with Crippen molar-refractivity contribution in [3.63, 3.8) is 0 Å². The smallest absolute Gasteiger partial charge is 0.273 e. The van der Waals surface area contributed by atoms with Crippen molar-refractivity contribution in [3.05, 3.63) is 0 Å². The molecule has 0 aliphatic carbocycles. The lowest BCUT2D eigenvalue weighted by Crippen LogP contribution is -2.45.